The minimum absolute atomic E-state index is 1.02. The van der Waals surface area contributed by atoms with Crippen LogP contribution in [0.5, 0.6) is 0 Å². The lowest BCUT2D eigenvalue weighted by atomic mass is 10.2. The van der Waals surface area contributed by atoms with Crippen LogP contribution in [-0.4, -0.2) is 4.98 Å². The normalized spacial score (nSPS) is 10.6. The van der Waals surface area contributed by atoms with Gasteiger partial charge in [0.05, 0.1) is 10.2 Å². The minimum atomic E-state index is 1.02. The summed E-state index contributed by atoms with van der Waals surface area (Å²) in [7, 11) is 0. The lowest BCUT2D eigenvalue weighted by Crippen LogP contribution is -1.76. The quantitative estimate of drug-likeness (QED) is 0.587. The van der Waals surface area contributed by atoms with Crippen molar-refractivity contribution in [1.82, 2.24) is 4.98 Å². The van der Waals surface area contributed by atoms with E-state index in [9.17, 15) is 0 Å². The van der Waals surface area contributed by atoms with E-state index in [1.165, 1.54) is 4.70 Å². The van der Waals surface area contributed by atoms with Gasteiger partial charge in [-0.15, -0.1) is 11.3 Å². The fraction of sp³-hybridized carbons (Fsp3) is 0.278. The molecular weight excluding hydrogens is 262 g/mol. The molecule has 0 aliphatic heterocycles. The highest BCUT2D eigenvalue weighted by atomic mass is 32.1. The zero-order valence-electron chi connectivity index (χ0n) is 13.2. The zero-order chi connectivity index (χ0) is 15.4. The fourth-order valence-corrected chi connectivity index (χ4v) is 2.41. The van der Waals surface area contributed by atoms with E-state index >= 15 is 0 Å². The zero-order valence-corrected chi connectivity index (χ0v) is 14.0. The number of nitrogens with zero attached hydrogens (tertiary/aromatic N) is 1. The summed E-state index contributed by atoms with van der Waals surface area (Å²) in [6.07, 6.45) is 7.88. The standard InChI is InChI=1S/C14H13NS.2C2H6/c1-3-5-8-11(4-2)14-15-12-9-6-7-10-13(12)16-14;2*1-2/h3-10H,2H2,1H3;2*1-2H3/b5-3-,11-8+;;. The summed E-state index contributed by atoms with van der Waals surface area (Å²) in [4.78, 5) is 4.58. The smallest absolute Gasteiger partial charge is 0.124 e. The first-order valence-electron chi connectivity index (χ1n) is 7.16. The van der Waals surface area contributed by atoms with Crippen LogP contribution >= 0.6 is 11.3 Å². The number of aromatic nitrogens is 1. The monoisotopic (exact) mass is 287 g/mol. The van der Waals surface area contributed by atoms with E-state index in [0.29, 0.717) is 0 Å². The summed E-state index contributed by atoms with van der Waals surface area (Å²) >= 11 is 1.70. The maximum Gasteiger partial charge on any atom is 0.124 e. The Kier molecular flexibility index (Phi) is 10.2. The Hall–Kier alpha value is -1.67. The molecule has 1 heterocycles. The van der Waals surface area contributed by atoms with Crippen LogP contribution in [0.25, 0.3) is 15.8 Å². The SMILES string of the molecule is C=C/C(=C\C=C/C)c1nc2ccccc2s1.CC.CC. The van der Waals surface area contributed by atoms with Crippen molar-refractivity contribution in [3.05, 3.63) is 60.2 Å². The summed E-state index contributed by atoms with van der Waals surface area (Å²) in [5, 5.41) is 1.02. The third-order valence-corrected chi connectivity index (χ3v) is 3.31. The first-order chi connectivity index (χ1) is 9.85. The molecule has 2 aromatic rings. The summed E-state index contributed by atoms with van der Waals surface area (Å²) in [5.41, 5.74) is 2.12. The number of fused-ring (bicyclic) bond motifs is 1. The predicted molar refractivity (Wildman–Crippen MR) is 95.3 cm³/mol. The second-order valence-electron chi connectivity index (χ2n) is 3.34. The molecule has 0 amide bonds. The maximum atomic E-state index is 4.58. The van der Waals surface area contributed by atoms with Crippen molar-refractivity contribution in [2.75, 3.05) is 0 Å². The molecule has 108 valence electrons. The molecule has 0 aliphatic carbocycles. The van der Waals surface area contributed by atoms with Gasteiger partial charge in [-0.3, -0.25) is 0 Å². The Labute approximate surface area is 127 Å². The van der Waals surface area contributed by atoms with Gasteiger partial charge in [0, 0.05) is 5.57 Å². The van der Waals surface area contributed by atoms with Gasteiger partial charge in [-0.2, -0.15) is 0 Å². The summed E-state index contributed by atoms with van der Waals surface area (Å²) in [6.45, 7) is 13.8. The van der Waals surface area contributed by atoms with Crippen molar-refractivity contribution < 1.29 is 0 Å². The highest BCUT2D eigenvalue weighted by Crippen LogP contribution is 2.27. The number of thiazole rings is 1. The Morgan fingerprint density at radius 2 is 1.80 bits per heavy atom. The van der Waals surface area contributed by atoms with Crippen LogP contribution in [-0.2, 0) is 0 Å². The number of para-hydroxylation sites is 1. The first kappa shape index (κ1) is 18.3. The summed E-state index contributed by atoms with van der Waals surface area (Å²) in [5.74, 6) is 0. The first-order valence-corrected chi connectivity index (χ1v) is 7.98. The molecule has 0 N–H and O–H groups in total. The number of hydrogen-bond acceptors (Lipinski definition) is 2. The van der Waals surface area contributed by atoms with E-state index in [-0.39, 0.29) is 0 Å². The van der Waals surface area contributed by atoms with Gasteiger partial charge >= 0.3 is 0 Å². The number of rotatable bonds is 3. The second kappa shape index (κ2) is 11.2. The summed E-state index contributed by atoms with van der Waals surface area (Å²) < 4.78 is 1.21. The van der Waals surface area contributed by atoms with Crippen molar-refractivity contribution in [2.24, 2.45) is 0 Å². The molecule has 0 spiro atoms. The van der Waals surface area contributed by atoms with E-state index in [2.05, 4.69) is 17.6 Å². The average Bonchev–Trinajstić information content (AvgIpc) is 2.96. The van der Waals surface area contributed by atoms with E-state index in [1.807, 2.05) is 77.1 Å². The van der Waals surface area contributed by atoms with Crippen molar-refractivity contribution >= 4 is 27.1 Å². The molecule has 1 nitrogen and oxygen atoms in total. The van der Waals surface area contributed by atoms with E-state index < -0.39 is 0 Å². The molecule has 0 saturated heterocycles. The Balaban J connectivity index is 0.000000829. The van der Waals surface area contributed by atoms with Gasteiger partial charge < -0.3 is 0 Å². The van der Waals surface area contributed by atoms with Gasteiger partial charge in [-0.1, -0.05) is 70.7 Å². The maximum absolute atomic E-state index is 4.58. The van der Waals surface area contributed by atoms with Crippen LogP contribution < -0.4 is 0 Å². The molecule has 0 radical (unpaired) electrons. The molecule has 20 heavy (non-hydrogen) atoms. The van der Waals surface area contributed by atoms with Crippen LogP contribution in [0.1, 0.15) is 39.6 Å². The number of hydrogen-bond donors (Lipinski definition) is 0. The Morgan fingerprint density at radius 3 is 2.35 bits per heavy atom. The van der Waals surface area contributed by atoms with Crippen molar-refractivity contribution in [3.63, 3.8) is 0 Å². The minimum Gasteiger partial charge on any atom is -0.236 e. The van der Waals surface area contributed by atoms with Crippen molar-refractivity contribution in [1.29, 1.82) is 0 Å². The Morgan fingerprint density at radius 1 is 1.15 bits per heavy atom. The molecule has 1 aromatic carbocycles. The van der Waals surface area contributed by atoms with Crippen LogP contribution in [0.2, 0.25) is 0 Å². The lowest BCUT2D eigenvalue weighted by molar-refractivity contribution is 1.44. The topological polar surface area (TPSA) is 12.9 Å². The van der Waals surface area contributed by atoms with Gasteiger partial charge in [0.2, 0.25) is 0 Å². The van der Waals surface area contributed by atoms with Gasteiger partial charge in [0.25, 0.3) is 0 Å². The molecule has 0 saturated carbocycles. The molecule has 0 atom stereocenters. The predicted octanol–water partition coefficient (Wildman–Crippen LogP) is 6.49. The average molecular weight is 287 g/mol. The Bertz CT molecular complexity index is 529. The van der Waals surface area contributed by atoms with Gasteiger partial charge in [-0.25, -0.2) is 4.98 Å². The molecule has 2 rings (SSSR count). The molecule has 0 aliphatic rings. The number of benzene rings is 1. The van der Waals surface area contributed by atoms with E-state index in [0.717, 1.165) is 16.1 Å². The van der Waals surface area contributed by atoms with E-state index in [4.69, 9.17) is 0 Å². The highest BCUT2D eigenvalue weighted by Gasteiger charge is 2.04. The molecule has 2 heteroatoms. The highest BCUT2D eigenvalue weighted by molar-refractivity contribution is 7.19. The van der Waals surface area contributed by atoms with Gasteiger partial charge in [0.15, 0.2) is 0 Å². The van der Waals surface area contributed by atoms with Crippen LogP contribution in [0.3, 0.4) is 0 Å². The third-order valence-electron chi connectivity index (χ3n) is 2.23. The summed E-state index contributed by atoms with van der Waals surface area (Å²) in [6, 6.07) is 8.17. The van der Waals surface area contributed by atoms with Gasteiger partial charge in [0.1, 0.15) is 5.01 Å². The van der Waals surface area contributed by atoms with Gasteiger partial charge in [-0.05, 0) is 19.1 Å². The molecular formula is C18H25NS. The van der Waals surface area contributed by atoms with Crippen molar-refractivity contribution in [2.45, 2.75) is 34.6 Å². The second-order valence-corrected chi connectivity index (χ2v) is 4.37. The molecule has 0 unspecified atom stereocenters. The van der Waals surface area contributed by atoms with E-state index in [1.54, 1.807) is 11.3 Å². The van der Waals surface area contributed by atoms with Crippen LogP contribution in [0.4, 0.5) is 0 Å². The molecule has 0 bridgehead atoms. The van der Waals surface area contributed by atoms with Crippen LogP contribution in [0, 0.1) is 0 Å². The molecule has 1 aromatic heterocycles. The third kappa shape index (κ3) is 5.14. The van der Waals surface area contributed by atoms with Crippen molar-refractivity contribution in [3.8, 4) is 0 Å². The van der Waals surface area contributed by atoms with Crippen LogP contribution in [0.15, 0.2) is 55.1 Å². The largest absolute Gasteiger partial charge is 0.236 e. The fourth-order valence-electron chi connectivity index (χ4n) is 1.42. The number of allylic oxidation sites excluding steroid dienone is 5. The molecule has 0 fully saturated rings. The lowest BCUT2D eigenvalue weighted by Gasteiger charge is -1.92.